The van der Waals surface area contributed by atoms with Gasteiger partial charge in [0.25, 0.3) is 17.4 Å². The number of aliphatic hydroxyl groups is 1. The van der Waals surface area contributed by atoms with Gasteiger partial charge in [0.1, 0.15) is 28.5 Å². The molecule has 2 atom stereocenters. The van der Waals surface area contributed by atoms with Crippen LogP contribution in [0.15, 0.2) is 35.4 Å². The molecule has 41 heavy (non-hydrogen) atoms. The van der Waals surface area contributed by atoms with Gasteiger partial charge in [-0.1, -0.05) is 0 Å². The highest BCUT2D eigenvalue weighted by atomic mass is 19.3. The molecule has 2 fully saturated rings. The van der Waals surface area contributed by atoms with Gasteiger partial charge in [0.15, 0.2) is 5.65 Å². The number of anilines is 3. The summed E-state index contributed by atoms with van der Waals surface area (Å²) in [4.78, 5) is 45.0. The Labute approximate surface area is 234 Å². The van der Waals surface area contributed by atoms with Crippen LogP contribution in [0.5, 0.6) is 0 Å². The lowest BCUT2D eigenvalue weighted by Crippen LogP contribution is -2.41. The molecule has 2 aliphatic rings. The van der Waals surface area contributed by atoms with Crippen molar-refractivity contribution in [3.63, 3.8) is 0 Å². The number of ether oxygens (including phenoxy) is 1. The largest absolute Gasteiger partial charge is 0.443 e. The molecule has 220 valence electrons. The zero-order valence-electron chi connectivity index (χ0n) is 23.2. The lowest BCUT2D eigenvalue weighted by atomic mass is 9.88. The lowest BCUT2D eigenvalue weighted by molar-refractivity contribution is -0.104. The zero-order valence-corrected chi connectivity index (χ0v) is 23.2. The first-order valence-corrected chi connectivity index (χ1v) is 13.4. The van der Waals surface area contributed by atoms with Gasteiger partial charge < -0.3 is 25.0 Å². The van der Waals surface area contributed by atoms with Crippen LogP contribution in [0.1, 0.15) is 69.3 Å². The number of alkyl halides is 2. The van der Waals surface area contributed by atoms with E-state index in [0.29, 0.717) is 19.3 Å². The van der Waals surface area contributed by atoms with Gasteiger partial charge in [0.2, 0.25) is 0 Å². The Balaban J connectivity index is 1.52. The Bertz CT molecular complexity index is 1540. The van der Waals surface area contributed by atoms with Crippen molar-refractivity contribution in [1.29, 1.82) is 0 Å². The second-order valence-corrected chi connectivity index (χ2v) is 11.6. The molecule has 2 aliphatic carbocycles. The van der Waals surface area contributed by atoms with Crippen LogP contribution < -0.4 is 21.1 Å². The molecule has 3 heterocycles. The number of nitrogens with zero attached hydrogens (tertiary/aromatic N) is 5. The van der Waals surface area contributed by atoms with Crippen LogP contribution in [0.3, 0.4) is 0 Å². The minimum atomic E-state index is -2.79. The summed E-state index contributed by atoms with van der Waals surface area (Å²) < 4.78 is 35.0. The summed E-state index contributed by atoms with van der Waals surface area (Å²) in [5.41, 5.74) is -0.992. The first-order valence-electron chi connectivity index (χ1n) is 13.4. The molecule has 3 N–H and O–H groups in total. The van der Waals surface area contributed by atoms with Crippen LogP contribution in [0.25, 0.3) is 5.65 Å². The van der Waals surface area contributed by atoms with Crippen molar-refractivity contribution in [1.82, 2.24) is 24.5 Å². The van der Waals surface area contributed by atoms with E-state index >= 15 is 0 Å². The third kappa shape index (κ3) is 6.01. The molecule has 3 aromatic rings. The van der Waals surface area contributed by atoms with Crippen molar-refractivity contribution in [2.45, 2.75) is 82.6 Å². The minimum Gasteiger partial charge on any atom is -0.443 e. The molecule has 5 rings (SSSR count). The van der Waals surface area contributed by atoms with Gasteiger partial charge in [-0.2, -0.15) is 9.61 Å². The topological polar surface area (TPSA) is 143 Å². The lowest BCUT2D eigenvalue weighted by Gasteiger charge is -2.36. The molecule has 0 saturated heterocycles. The van der Waals surface area contributed by atoms with Gasteiger partial charge in [-0.15, -0.1) is 0 Å². The molecule has 0 aromatic carbocycles. The second kappa shape index (κ2) is 10.4. The molecule has 0 unspecified atom stereocenters. The van der Waals surface area contributed by atoms with Gasteiger partial charge in [-0.25, -0.2) is 18.6 Å². The summed E-state index contributed by atoms with van der Waals surface area (Å²) >= 11 is 0. The van der Waals surface area contributed by atoms with E-state index in [0.717, 1.165) is 0 Å². The Morgan fingerprint density at radius 1 is 1.24 bits per heavy atom. The highest BCUT2D eigenvalue weighted by Gasteiger charge is 2.46. The number of hydrogen-bond acceptors (Lipinski definition) is 8. The SMILES string of the molecule is CN(C(=O)OC(C)(C)C)c1cc(Nc2cccn(C3CC(F)(F)C3)c2=O)nc2c(C(=O)N[C@@H]3CC[C@@H](O)C3)cnn12. The maximum Gasteiger partial charge on any atom is 0.415 e. The first-order chi connectivity index (χ1) is 19.2. The summed E-state index contributed by atoms with van der Waals surface area (Å²) in [6, 6.07) is 3.70. The summed E-state index contributed by atoms with van der Waals surface area (Å²) in [7, 11) is 1.47. The van der Waals surface area contributed by atoms with Crippen molar-refractivity contribution in [2.24, 2.45) is 0 Å². The van der Waals surface area contributed by atoms with E-state index in [1.54, 1.807) is 26.8 Å². The molecule has 14 heteroatoms. The van der Waals surface area contributed by atoms with Gasteiger partial charge in [0.05, 0.1) is 12.3 Å². The molecule has 0 aliphatic heterocycles. The summed E-state index contributed by atoms with van der Waals surface area (Å²) in [5, 5.41) is 20.0. The number of carbonyl (C=O) groups is 2. The zero-order chi connectivity index (χ0) is 29.7. The number of nitrogens with one attached hydrogen (secondary N) is 2. The van der Waals surface area contributed by atoms with E-state index < -0.39 is 54.1 Å². The summed E-state index contributed by atoms with van der Waals surface area (Å²) in [6.45, 7) is 5.17. The fourth-order valence-corrected chi connectivity index (χ4v) is 5.04. The molecule has 0 spiro atoms. The van der Waals surface area contributed by atoms with E-state index in [9.17, 15) is 28.3 Å². The predicted octanol–water partition coefficient (Wildman–Crippen LogP) is 3.62. The normalized spacial score (nSPS) is 20.5. The number of halogens is 2. The number of hydrogen-bond donors (Lipinski definition) is 3. The monoisotopic (exact) mass is 573 g/mol. The molecule has 2 amide bonds. The second-order valence-electron chi connectivity index (χ2n) is 11.6. The van der Waals surface area contributed by atoms with Crippen LogP contribution in [0, 0.1) is 0 Å². The van der Waals surface area contributed by atoms with E-state index in [1.165, 1.54) is 45.6 Å². The van der Waals surface area contributed by atoms with E-state index in [2.05, 4.69) is 20.7 Å². The van der Waals surface area contributed by atoms with Crippen LogP contribution >= 0.6 is 0 Å². The fourth-order valence-electron chi connectivity index (χ4n) is 5.04. The van der Waals surface area contributed by atoms with Crippen molar-refractivity contribution in [3.05, 3.63) is 46.5 Å². The molecule has 0 radical (unpaired) electrons. The molecular weight excluding hydrogens is 540 g/mol. The van der Waals surface area contributed by atoms with Crippen LogP contribution in [-0.4, -0.2) is 67.0 Å². The molecule has 0 bridgehead atoms. The Hall–Kier alpha value is -4.07. The van der Waals surface area contributed by atoms with Crippen molar-refractivity contribution >= 4 is 35.0 Å². The van der Waals surface area contributed by atoms with E-state index in [4.69, 9.17) is 4.74 Å². The molecular formula is C27H33F2N7O5. The van der Waals surface area contributed by atoms with Gasteiger partial charge in [-0.05, 0) is 52.2 Å². The maximum atomic E-state index is 13.5. The van der Waals surface area contributed by atoms with Gasteiger partial charge in [0, 0.05) is 44.2 Å². The van der Waals surface area contributed by atoms with Crippen LogP contribution in [0.4, 0.5) is 30.9 Å². The third-order valence-electron chi connectivity index (χ3n) is 7.15. The standard InChI is InChI=1S/C27H33F2N7O5/c1-26(2,3)41-25(40)34(4)21-11-20(32-19-6-5-9-35(24(19)39)16-12-27(28,29)13-16)33-22-18(14-30-36(21)22)23(38)31-15-7-8-17(37)10-15/h5-6,9,11,14-17,37H,7-8,10,12-13H2,1-4H3,(H,31,38)(H,32,33)/t15-,17-/m1/s1. The Morgan fingerprint density at radius 2 is 1.98 bits per heavy atom. The van der Waals surface area contributed by atoms with Gasteiger partial charge in [-0.3, -0.25) is 14.5 Å². The summed E-state index contributed by atoms with van der Waals surface area (Å²) in [5.74, 6) is -2.95. The first kappa shape index (κ1) is 28.5. The highest BCUT2D eigenvalue weighted by Crippen LogP contribution is 2.44. The Kier molecular flexibility index (Phi) is 7.22. The average Bonchev–Trinajstić information content (AvgIpc) is 3.47. The number of amides is 2. The van der Waals surface area contributed by atoms with E-state index in [-0.39, 0.29) is 34.6 Å². The third-order valence-corrected chi connectivity index (χ3v) is 7.15. The number of aliphatic hydroxyl groups excluding tert-OH is 1. The smallest absolute Gasteiger partial charge is 0.415 e. The average molecular weight is 574 g/mol. The van der Waals surface area contributed by atoms with Crippen molar-refractivity contribution < 1.29 is 28.2 Å². The quantitative estimate of drug-likeness (QED) is 0.406. The number of carbonyl (C=O) groups excluding carboxylic acids is 2. The number of aromatic nitrogens is 4. The number of fused-ring (bicyclic) bond motifs is 1. The molecule has 3 aromatic heterocycles. The van der Waals surface area contributed by atoms with Crippen LogP contribution in [0.2, 0.25) is 0 Å². The molecule has 12 nitrogen and oxygen atoms in total. The Morgan fingerprint density at radius 3 is 2.61 bits per heavy atom. The van der Waals surface area contributed by atoms with Gasteiger partial charge >= 0.3 is 6.09 Å². The minimum absolute atomic E-state index is 0.0795. The van der Waals surface area contributed by atoms with Crippen molar-refractivity contribution in [3.8, 4) is 0 Å². The number of rotatable bonds is 6. The van der Waals surface area contributed by atoms with E-state index in [1.807, 2.05) is 0 Å². The molecule has 2 saturated carbocycles. The van der Waals surface area contributed by atoms with Crippen molar-refractivity contribution in [2.75, 3.05) is 17.3 Å². The van der Waals surface area contributed by atoms with Crippen LogP contribution in [-0.2, 0) is 4.74 Å². The maximum absolute atomic E-state index is 13.5. The predicted molar refractivity (Wildman–Crippen MR) is 146 cm³/mol. The fraction of sp³-hybridized carbons (Fsp3) is 0.519. The highest BCUT2D eigenvalue weighted by molar-refractivity contribution is 6.00. The number of pyridine rings is 1. The summed E-state index contributed by atoms with van der Waals surface area (Å²) in [6.07, 6.45) is 2.44.